The Hall–Kier alpha value is -1.90. The summed E-state index contributed by atoms with van der Waals surface area (Å²) in [5.41, 5.74) is 1.52. The van der Waals surface area contributed by atoms with Gasteiger partial charge in [-0.15, -0.1) is 0 Å². The second kappa shape index (κ2) is 7.25. The Labute approximate surface area is 160 Å². The van der Waals surface area contributed by atoms with Gasteiger partial charge in [0, 0.05) is 0 Å². The fourth-order valence-electron chi connectivity index (χ4n) is 2.80. The van der Waals surface area contributed by atoms with E-state index in [1.165, 1.54) is 41.3 Å². The number of alkyl halides is 2. The molecule has 1 atom stereocenters. The van der Waals surface area contributed by atoms with Gasteiger partial charge in [0.15, 0.2) is 0 Å². The Bertz CT molecular complexity index is 927. The monoisotopic (exact) mass is 482 g/mol. The summed E-state index contributed by atoms with van der Waals surface area (Å²) in [5, 5.41) is 4.14. The summed E-state index contributed by atoms with van der Waals surface area (Å²) in [6.07, 6.45) is 6.44. The first-order valence-corrected chi connectivity index (χ1v) is 18.5. The average Bonchev–Trinajstić information content (AvgIpc) is 3.04. The Morgan fingerprint density at radius 2 is 1.70 bits per heavy atom. The third kappa shape index (κ3) is 4.51. The number of benzene rings is 1. The average molecular weight is 481 g/mol. The van der Waals surface area contributed by atoms with Crippen molar-refractivity contribution in [2.75, 3.05) is 0 Å². The Morgan fingerprint density at radius 1 is 1.04 bits per heavy atom. The molecule has 0 aliphatic heterocycles. The van der Waals surface area contributed by atoms with Gasteiger partial charge in [0.2, 0.25) is 0 Å². The molecule has 0 fully saturated rings. The first-order chi connectivity index (χ1) is 12.6. The molecule has 0 aliphatic rings. The van der Waals surface area contributed by atoms with E-state index >= 15 is 0 Å². The van der Waals surface area contributed by atoms with Gasteiger partial charge in [-0.1, -0.05) is 0 Å². The zero-order valence-corrected chi connectivity index (χ0v) is 18.5. The molecule has 0 radical (unpaired) electrons. The van der Waals surface area contributed by atoms with Crippen molar-refractivity contribution in [2.24, 2.45) is 0 Å². The van der Waals surface area contributed by atoms with Crippen LogP contribution in [0.3, 0.4) is 0 Å². The van der Waals surface area contributed by atoms with E-state index in [2.05, 4.69) is 29.9 Å². The van der Waals surface area contributed by atoms with Crippen LogP contribution in [0.4, 0.5) is 13.2 Å². The van der Waals surface area contributed by atoms with Crippen LogP contribution in [0.1, 0.15) is 18.5 Å². The van der Waals surface area contributed by atoms with Crippen LogP contribution in [0.15, 0.2) is 49.1 Å². The third-order valence-electron chi connectivity index (χ3n) is 4.23. The van der Waals surface area contributed by atoms with Crippen LogP contribution in [-0.2, 0) is 0 Å². The number of halogens is 3. The summed E-state index contributed by atoms with van der Waals surface area (Å²) in [5.74, 6) is -3.56. The van der Waals surface area contributed by atoms with Crippen molar-refractivity contribution < 1.29 is 13.2 Å². The molecule has 3 rings (SSSR count). The summed E-state index contributed by atoms with van der Waals surface area (Å²) < 4.78 is 44.0. The molecule has 4 nitrogen and oxygen atoms in total. The van der Waals surface area contributed by atoms with Crippen molar-refractivity contribution in [1.82, 2.24) is 19.7 Å². The van der Waals surface area contributed by atoms with E-state index in [-0.39, 0.29) is 5.56 Å². The van der Waals surface area contributed by atoms with E-state index < -0.39 is 36.2 Å². The molecule has 8 heteroatoms. The van der Waals surface area contributed by atoms with Crippen molar-refractivity contribution in [2.45, 2.75) is 33.7 Å². The maximum absolute atomic E-state index is 14.3. The molecule has 2 heterocycles. The van der Waals surface area contributed by atoms with Gasteiger partial charge in [-0.25, -0.2) is 0 Å². The minimum absolute atomic E-state index is 0.282. The molecule has 2 aromatic heterocycles. The molecule has 3 aromatic rings. The number of aromatic nitrogens is 4. The van der Waals surface area contributed by atoms with Crippen LogP contribution in [0, 0.1) is 5.82 Å². The maximum atomic E-state index is 14.3. The van der Waals surface area contributed by atoms with Gasteiger partial charge in [-0.3, -0.25) is 0 Å². The third-order valence-corrected chi connectivity index (χ3v) is 9.30. The van der Waals surface area contributed by atoms with Gasteiger partial charge in [-0.05, 0) is 0 Å². The Balaban J connectivity index is 2.01. The normalized spacial score (nSPS) is 13.6. The number of nitrogens with zero attached hydrogens (tertiary/aromatic N) is 4. The van der Waals surface area contributed by atoms with Gasteiger partial charge in [0.05, 0.1) is 0 Å². The van der Waals surface area contributed by atoms with Gasteiger partial charge >= 0.3 is 160 Å². The van der Waals surface area contributed by atoms with Crippen LogP contribution in [0.2, 0.25) is 14.8 Å². The van der Waals surface area contributed by atoms with Crippen LogP contribution in [-0.4, -0.2) is 44.0 Å². The molecular weight excluding hydrogens is 460 g/mol. The zero-order chi connectivity index (χ0) is 19.8. The van der Waals surface area contributed by atoms with Crippen LogP contribution in [0.25, 0.3) is 11.3 Å². The molecule has 0 saturated heterocycles. The van der Waals surface area contributed by atoms with Gasteiger partial charge in [0.1, 0.15) is 0 Å². The molecule has 27 heavy (non-hydrogen) atoms. The molecule has 1 unspecified atom stereocenters. The SMILES string of the molecule is CC(F)(F)C(c1ccc(F)cc1)n1cc(-c2cnc[c]([Sn]([CH3])([CH3])[CH3])n2)cn1. The second-order valence-electron chi connectivity index (χ2n) is 7.66. The number of hydrogen-bond acceptors (Lipinski definition) is 3. The van der Waals surface area contributed by atoms with Crippen molar-refractivity contribution in [1.29, 1.82) is 0 Å². The van der Waals surface area contributed by atoms with Crippen LogP contribution in [0.5, 0.6) is 0 Å². The standard InChI is InChI=1S/C16H12F3N4.3CH3.Sn/c1-16(18,19)15(11-2-4-13(17)5-3-11)23-10-12(8-22-23)14-9-20-6-7-21-14;;;;/h2-6,8-10,15H,1H3;3*1H3;. The predicted molar refractivity (Wildman–Crippen MR) is 101 cm³/mol. The Morgan fingerprint density at radius 3 is 2.30 bits per heavy atom. The van der Waals surface area contributed by atoms with Gasteiger partial charge in [-0.2, -0.15) is 0 Å². The van der Waals surface area contributed by atoms with Crippen LogP contribution >= 0.6 is 0 Å². The summed E-state index contributed by atoms with van der Waals surface area (Å²) in [6.45, 7) is 0.830. The van der Waals surface area contributed by atoms with E-state index in [1.54, 1.807) is 12.4 Å². The summed E-state index contributed by atoms with van der Waals surface area (Å²) >= 11 is -2.41. The fraction of sp³-hybridized carbons (Fsp3) is 0.316. The second-order valence-corrected chi connectivity index (χ2v) is 22.0. The molecular formula is C19H21F3N4Sn. The first kappa shape index (κ1) is 19.8. The number of hydrogen-bond donors (Lipinski definition) is 0. The summed E-state index contributed by atoms with van der Waals surface area (Å²) in [7, 11) is 0. The van der Waals surface area contributed by atoms with Crippen molar-refractivity contribution in [3.8, 4) is 11.3 Å². The zero-order valence-electron chi connectivity index (χ0n) is 15.6. The van der Waals surface area contributed by atoms with E-state index in [9.17, 15) is 13.2 Å². The molecule has 1 aromatic carbocycles. The quantitative estimate of drug-likeness (QED) is 0.512. The molecule has 0 spiro atoms. The van der Waals surface area contributed by atoms with Crippen molar-refractivity contribution in [3.05, 3.63) is 60.4 Å². The molecule has 0 bridgehead atoms. The molecule has 0 amide bonds. The van der Waals surface area contributed by atoms with E-state index in [0.717, 1.165) is 10.6 Å². The molecule has 0 N–H and O–H groups in total. The van der Waals surface area contributed by atoms with Gasteiger partial charge in [0.25, 0.3) is 0 Å². The molecule has 142 valence electrons. The van der Waals surface area contributed by atoms with Crippen molar-refractivity contribution >= 4 is 22.1 Å². The molecule has 0 aliphatic carbocycles. The molecule has 0 saturated carbocycles. The first-order valence-electron chi connectivity index (χ1n) is 8.56. The fourth-order valence-corrected chi connectivity index (χ4v) is 5.42. The van der Waals surface area contributed by atoms with Gasteiger partial charge < -0.3 is 0 Å². The minimum atomic E-state index is -3.09. The Kier molecular flexibility index (Phi) is 5.33. The summed E-state index contributed by atoms with van der Waals surface area (Å²) in [6, 6.07) is 3.71. The predicted octanol–water partition coefficient (Wildman–Crippen LogP) is 4.27. The summed E-state index contributed by atoms with van der Waals surface area (Å²) in [4.78, 5) is 15.6. The van der Waals surface area contributed by atoms with Crippen molar-refractivity contribution in [3.63, 3.8) is 0 Å². The van der Waals surface area contributed by atoms with E-state index in [1.807, 2.05) is 0 Å². The van der Waals surface area contributed by atoms with Crippen LogP contribution < -0.4 is 3.71 Å². The number of rotatable bonds is 5. The van der Waals surface area contributed by atoms with E-state index in [0.29, 0.717) is 11.3 Å². The van der Waals surface area contributed by atoms with E-state index in [4.69, 9.17) is 0 Å². The topological polar surface area (TPSA) is 43.6 Å².